The van der Waals surface area contributed by atoms with Gasteiger partial charge in [0.2, 0.25) is 0 Å². The van der Waals surface area contributed by atoms with Crippen molar-refractivity contribution in [2.24, 2.45) is 5.92 Å². The zero-order valence-corrected chi connectivity index (χ0v) is 19.3. The van der Waals surface area contributed by atoms with Crippen LogP contribution in [0.4, 0.5) is 0 Å². The Labute approximate surface area is 182 Å². The fourth-order valence-corrected chi connectivity index (χ4v) is 5.61. The Balaban J connectivity index is 1.43. The molecule has 1 saturated carbocycles. The lowest BCUT2D eigenvalue weighted by Gasteiger charge is -2.27. The SMILES string of the molecule is CCCCCCCCOc1ccc(-c2ncc([C@H]3CC[C@H](CCC)CC3)s2)cc1. The van der Waals surface area contributed by atoms with Gasteiger partial charge in [0.1, 0.15) is 10.8 Å². The minimum atomic E-state index is 0.731. The number of aromatic nitrogens is 1. The van der Waals surface area contributed by atoms with Crippen molar-refractivity contribution < 1.29 is 4.74 Å². The molecule has 0 unspecified atom stereocenters. The minimum Gasteiger partial charge on any atom is -0.494 e. The van der Waals surface area contributed by atoms with Crippen LogP contribution in [0.2, 0.25) is 0 Å². The molecule has 3 heteroatoms. The average molecular weight is 414 g/mol. The van der Waals surface area contributed by atoms with E-state index in [-0.39, 0.29) is 0 Å². The van der Waals surface area contributed by atoms with Gasteiger partial charge in [-0.25, -0.2) is 4.98 Å². The van der Waals surface area contributed by atoms with Gasteiger partial charge in [0.25, 0.3) is 0 Å². The second-order valence-electron chi connectivity index (χ2n) is 8.71. The molecule has 1 aliphatic rings. The number of benzene rings is 1. The first-order valence-corrected chi connectivity index (χ1v) is 12.8. The average Bonchev–Trinajstić information content (AvgIpc) is 3.25. The highest BCUT2D eigenvalue weighted by atomic mass is 32.1. The van der Waals surface area contributed by atoms with Crippen LogP contribution in [0.15, 0.2) is 30.5 Å². The van der Waals surface area contributed by atoms with E-state index in [4.69, 9.17) is 9.72 Å². The molecule has 0 radical (unpaired) electrons. The van der Waals surface area contributed by atoms with E-state index in [0.29, 0.717) is 0 Å². The molecule has 1 aromatic carbocycles. The number of rotatable bonds is 12. The summed E-state index contributed by atoms with van der Waals surface area (Å²) < 4.78 is 5.92. The summed E-state index contributed by atoms with van der Waals surface area (Å²) in [6, 6.07) is 8.53. The molecule has 3 rings (SSSR count). The van der Waals surface area contributed by atoms with Crippen molar-refractivity contribution >= 4 is 11.3 Å². The maximum atomic E-state index is 5.92. The van der Waals surface area contributed by atoms with Crippen molar-refractivity contribution in [3.63, 3.8) is 0 Å². The molecule has 1 fully saturated rings. The predicted molar refractivity (Wildman–Crippen MR) is 126 cm³/mol. The number of hydrogen-bond acceptors (Lipinski definition) is 3. The van der Waals surface area contributed by atoms with Gasteiger partial charge >= 0.3 is 0 Å². The summed E-state index contributed by atoms with van der Waals surface area (Å²) in [5.41, 5.74) is 1.22. The van der Waals surface area contributed by atoms with Gasteiger partial charge in [-0.1, -0.05) is 58.8 Å². The van der Waals surface area contributed by atoms with Crippen LogP contribution in [-0.2, 0) is 0 Å². The molecule has 0 bridgehead atoms. The van der Waals surface area contributed by atoms with Gasteiger partial charge in [-0.05, 0) is 68.2 Å². The van der Waals surface area contributed by atoms with Gasteiger partial charge in [-0.15, -0.1) is 11.3 Å². The zero-order valence-electron chi connectivity index (χ0n) is 18.5. The van der Waals surface area contributed by atoms with Crippen LogP contribution in [0.3, 0.4) is 0 Å². The van der Waals surface area contributed by atoms with Crippen molar-refractivity contribution in [1.82, 2.24) is 4.98 Å². The highest BCUT2D eigenvalue weighted by Crippen LogP contribution is 2.40. The lowest BCUT2D eigenvalue weighted by atomic mass is 9.80. The Hall–Kier alpha value is -1.35. The number of nitrogens with zero attached hydrogens (tertiary/aromatic N) is 1. The molecule has 160 valence electrons. The lowest BCUT2D eigenvalue weighted by molar-refractivity contribution is 0.304. The molecular weight excluding hydrogens is 374 g/mol. The third kappa shape index (κ3) is 7.13. The Morgan fingerprint density at radius 3 is 2.34 bits per heavy atom. The zero-order chi connectivity index (χ0) is 20.3. The van der Waals surface area contributed by atoms with Crippen molar-refractivity contribution in [3.8, 4) is 16.3 Å². The van der Waals surface area contributed by atoms with Crippen molar-refractivity contribution in [2.45, 2.75) is 96.8 Å². The second kappa shape index (κ2) is 12.4. The molecule has 1 heterocycles. The Morgan fingerprint density at radius 2 is 1.62 bits per heavy atom. The smallest absolute Gasteiger partial charge is 0.123 e. The first-order chi connectivity index (χ1) is 14.3. The first kappa shape index (κ1) is 22.3. The van der Waals surface area contributed by atoms with E-state index in [2.05, 4.69) is 44.3 Å². The fourth-order valence-electron chi connectivity index (χ4n) is 4.52. The molecule has 0 atom stereocenters. The van der Waals surface area contributed by atoms with E-state index in [0.717, 1.165) is 35.6 Å². The summed E-state index contributed by atoms with van der Waals surface area (Å²) in [5, 5.41) is 1.15. The third-order valence-electron chi connectivity index (χ3n) is 6.34. The summed E-state index contributed by atoms with van der Waals surface area (Å²) in [7, 11) is 0. The van der Waals surface area contributed by atoms with E-state index in [9.17, 15) is 0 Å². The van der Waals surface area contributed by atoms with Crippen molar-refractivity contribution in [2.75, 3.05) is 6.61 Å². The normalized spacial score (nSPS) is 19.4. The molecule has 0 N–H and O–H groups in total. The van der Waals surface area contributed by atoms with E-state index >= 15 is 0 Å². The van der Waals surface area contributed by atoms with Crippen LogP contribution in [0.5, 0.6) is 5.75 Å². The monoisotopic (exact) mass is 413 g/mol. The van der Waals surface area contributed by atoms with Gasteiger partial charge in [0.05, 0.1) is 6.61 Å². The maximum absolute atomic E-state index is 5.92. The number of unbranched alkanes of at least 4 members (excludes halogenated alkanes) is 5. The molecule has 0 aliphatic heterocycles. The van der Waals surface area contributed by atoms with Crippen LogP contribution in [0.1, 0.15) is 102 Å². The van der Waals surface area contributed by atoms with Gasteiger partial charge in [-0.3, -0.25) is 0 Å². The van der Waals surface area contributed by atoms with Gasteiger partial charge in [0, 0.05) is 16.6 Å². The second-order valence-corrected chi connectivity index (χ2v) is 9.78. The van der Waals surface area contributed by atoms with Crippen molar-refractivity contribution in [1.29, 1.82) is 0 Å². The van der Waals surface area contributed by atoms with Gasteiger partial charge < -0.3 is 4.74 Å². The van der Waals surface area contributed by atoms with Gasteiger partial charge in [-0.2, -0.15) is 0 Å². The molecule has 0 spiro atoms. The molecular formula is C26H39NOS. The third-order valence-corrected chi connectivity index (χ3v) is 7.55. The Bertz CT molecular complexity index is 685. The summed E-state index contributed by atoms with van der Waals surface area (Å²) in [6.07, 6.45) is 18.2. The first-order valence-electron chi connectivity index (χ1n) is 12.0. The van der Waals surface area contributed by atoms with E-state index < -0.39 is 0 Å². The van der Waals surface area contributed by atoms with E-state index in [1.54, 1.807) is 0 Å². The Morgan fingerprint density at radius 1 is 0.897 bits per heavy atom. The number of thiazole rings is 1. The molecule has 29 heavy (non-hydrogen) atoms. The van der Waals surface area contributed by atoms with Crippen LogP contribution in [0.25, 0.3) is 10.6 Å². The minimum absolute atomic E-state index is 0.731. The lowest BCUT2D eigenvalue weighted by Crippen LogP contribution is -2.12. The topological polar surface area (TPSA) is 22.1 Å². The Kier molecular flexibility index (Phi) is 9.53. The molecule has 2 nitrogen and oxygen atoms in total. The highest BCUT2D eigenvalue weighted by Gasteiger charge is 2.23. The van der Waals surface area contributed by atoms with Crippen LogP contribution >= 0.6 is 11.3 Å². The van der Waals surface area contributed by atoms with E-state index in [1.807, 2.05) is 11.3 Å². The summed E-state index contributed by atoms with van der Waals surface area (Å²) in [4.78, 5) is 6.22. The molecule has 1 aromatic heterocycles. The number of hydrogen-bond donors (Lipinski definition) is 0. The highest BCUT2D eigenvalue weighted by molar-refractivity contribution is 7.15. The molecule has 0 amide bonds. The molecule has 1 aliphatic carbocycles. The number of ether oxygens (including phenoxy) is 1. The van der Waals surface area contributed by atoms with E-state index in [1.165, 1.54) is 81.1 Å². The molecule has 0 saturated heterocycles. The standard InChI is InChI=1S/C26H39NOS/c1-3-5-6-7-8-9-19-28-24-17-15-23(16-18-24)26-27-20-25(29-26)22-13-11-21(10-4-2)12-14-22/h15-18,20-22H,3-14,19H2,1-2H3/t21-,22-. The summed E-state index contributed by atoms with van der Waals surface area (Å²) >= 11 is 1.89. The van der Waals surface area contributed by atoms with Gasteiger partial charge in [0.15, 0.2) is 0 Å². The molecule has 2 aromatic rings. The largest absolute Gasteiger partial charge is 0.494 e. The maximum Gasteiger partial charge on any atom is 0.123 e. The summed E-state index contributed by atoms with van der Waals surface area (Å²) in [6.45, 7) is 5.40. The van der Waals surface area contributed by atoms with Crippen molar-refractivity contribution in [3.05, 3.63) is 35.3 Å². The van der Waals surface area contributed by atoms with Crippen LogP contribution in [-0.4, -0.2) is 11.6 Å². The predicted octanol–water partition coefficient (Wildman–Crippen LogP) is 8.62. The van der Waals surface area contributed by atoms with Crippen LogP contribution in [0, 0.1) is 5.92 Å². The quantitative estimate of drug-likeness (QED) is 0.325. The summed E-state index contributed by atoms with van der Waals surface area (Å²) in [5.74, 6) is 2.68. The fraction of sp³-hybridized carbons (Fsp3) is 0.654. The van der Waals surface area contributed by atoms with Crippen LogP contribution < -0.4 is 4.74 Å².